The Hall–Kier alpha value is -2.37. The molecule has 94 valence electrons. The van der Waals surface area contributed by atoms with Gasteiger partial charge in [0, 0.05) is 11.3 Å². The molecule has 6 nitrogen and oxygen atoms in total. The van der Waals surface area contributed by atoms with Gasteiger partial charge in [0.05, 0.1) is 0 Å². The zero-order valence-electron chi connectivity index (χ0n) is 9.95. The van der Waals surface area contributed by atoms with Crippen molar-refractivity contribution in [1.29, 1.82) is 0 Å². The number of benzene rings is 1. The number of carboxylic acid groups (broad SMARTS) is 1. The molecular formula is C12H14N4O2. The number of aliphatic carboxylic acids is 1. The van der Waals surface area contributed by atoms with Crippen molar-refractivity contribution in [3.63, 3.8) is 0 Å². The van der Waals surface area contributed by atoms with Crippen LogP contribution in [0.2, 0.25) is 0 Å². The van der Waals surface area contributed by atoms with Gasteiger partial charge in [0.25, 0.3) is 0 Å². The Balaban J connectivity index is 2.33. The highest BCUT2D eigenvalue weighted by Gasteiger charge is 2.19. The molecule has 0 fully saturated rings. The smallest absolute Gasteiger partial charge is 0.328 e. The monoisotopic (exact) mass is 246 g/mol. The van der Waals surface area contributed by atoms with E-state index < -0.39 is 12.0 Å². The molecular weight excluding hydrogens is 232 g/mol. The molecule has 1 aromatic carbocycles. The summed E-state index contributed by atoms with van der Waals surface area (Å²) in [5, 5.41) is 13.2. The van der Waals surface area contributed by atoms with Crippen molar-refractivity contribution >= 4 is 11.7 Å². The topological polar surface area (TPSA) is 94.0 Å². The van der Waals surface area contributed by atoms with Crippen LogP contribution in [0, 0.1) is 0 Å². The second-order valence-corrected chi connectivity index (χ2v) is 3.94. The number of carboxylic acids is 1. The fraction of sp³-hybridized carbons (Fsp3) is 0.250. The summed E-state index contributed by atoms with van der Waals surface area (Å²) in [7, 11) is 0. The van der Waals surface area contributed by atoms with Crippen LogP contribution in [-0.4, -0.2) is 25.8 Å². The van der Waals surface area contributed by atoms with Crippen LogP contribution in [0.25, 0.3) is 11.4 Å². The van der Waals surface area contributed by atoms with E-state index in [4.69, 9.17) is 10.8 Å². The van der Waals surface area contributed by atoms with E-state index >= 15 is 0 Å². The molecule has 0 amide bonds. The summed E-state index contributed by atoms with van der Waals surface area (Å²) < 4.78 is 1.36. The van der Waals surface area contributed by atoms with Gasteiger partial charge in [-0.3, -0.25) is 0 Å². The van der Waals surface area contributed by atoms with Crippen molar-refractivity contribution in [2.45, 2.75) is 19.4 Å². The zero-order valence-corrected chi connectivity index (χ0v) is 9.95. The summed E-state index contributed by atoms with van der Waals surface area (Å²) in [6.07, 6.45) is 1.88. The Morgan fingerprint density at radius 2 is 2.33 bits per heavy atom. The van der Waals surface area contributed by atoms with Gasteiger partial charge in [-0.05, 0) is 18.6 Å². The third-order valence-corrected chi connectivity index (χ3v) is 2.64. The first-order chi connectivity index (χ1) is 8.61. The van der Waals surface area contributed by atoms with Crippen molar-refractivity contribution in [3.05, 3.63) is 30.6 Å². The average molecular weight is 246 g/mol. The van der Waals surface area contributed by atoms with Crippen LogP contribution in [0.5, 0.6) is 0 Å². The summed E-state index contributed by atoms with van der Waals surface area (Å²) in [6.45, 7) is 1.79. The quantitative estimate of drug-likeness (QED) is 0.798. The van der Waals surface area contributed by atoms with Gasteiger partial charge in [-0.2, -0.15) is 5.10 Å². The molecule has 2 aromatic rings. The number of hydrogen-bond donors (Lipinski definition) is 2. The second-order valence-electron chi connectivity index (χ2n) is 3.94. The lowest BCUT2D eigenvalue weighted by molar-refractivity contribution is -0.141. The lowest BCUT2D eigenvalue weighted by atomic mass is 10.2. The van der Waals surface area contributed by atoms with Gasteiger partial charge in [0.1, 0.15) is 6.33 Å². The van der Waals surface area contributed by atoms with Crippen molar-refractivity contribution < 1.29 is 9.90 Å². The maximum Gasteiger partial charge on any atom is 0.328 e. The number of hydrogen-bond acceptors (Lipinski definition) is 4. The molecule has 3 N–H and O–H groups in total. The molecule has 0 aliphatic heterocycles. The zero-order chi connectivity index (χ0) is 13.1. The van der Waals surface area contributed by atoms with Crippen LogP contribution in [0.4, 0.5) is 5.69 Å². The fourth-order valence-electron chi connectivity index (χ4n) is 1.71. The van der Waals surface area contributed by atoms with E-state index in [-0.39, 0.29) is 0 Å². The molecule has 0 spiro atoms. The van der Waals surface area contributed by atoms with Gasteiger partial charge in [-0.25, -0.2) is 14.5 Å². The Kier molecular flexibility index (Phi) is 3.27. The number of nitrogen functional groups attached to an aromatic ring is 1. The molecule has 6 heteroatoms. The highest BCUT2D eigenvalue weighted by Crippen LogP contribution is 2.19. The standard InChI is InChI=1S/C12H14N4O2/c1-2-10(12(17)18)16-7-14-11(15-16)8-4-3-5-9(13)6-8/h3-7,10H,2,13H2,1H3,(H,17,18). The number of carbonyl (C=O) groups is 1. The third-order valence-electron chi connectivity index (χ3n) is 2.64. The molecule has 0 aliphatic carbocycles. The van der Waals surface area contributed by atoms with Crippen LogP contribution in [0.15, 0.2) is 30.6 Å². The van der Waals surface area contributed by atoms with Crippen molar-refractivity contribution in [1.82, 2.24) is 14.8 Å². The lowest BCUT2D eigenvalue weighted by Crippen LogP contribution is -2.18. The number of nitrogens with two attached hydrogens (primary N) is 1. The molecule has 0 saturated heterocycles. The summed E-state index contributed by atoms with van der Waals surface area (Å²) in [6, 6.07) is 6.47. The normalized spacial score (nSPS) is 12.3. The average Bonchev–Trinajstić information content (AvgIpc) is 2.79. The van der Waals surface area contributed by atoms with Crippen molar-refractivity contribution in [2.75, 3.05) is 5.73 Å². The first-order valence-electron chi connectivity index (χ1n) is 5.61. The van der Waals surface area contributed by atoms with Gasteiger partial charge >= 0.3 is 5.97 Å². The van der Waals surface area contributed by atoms with E-state index in [1.165, 1.54) is 11.0 Å². The molecule has 1 aromatic heterocycles. The maximum absolute atomic E-state index is 11.0. The van der Waals surface area contributed by atoms with Gasteiger partial charge in [-0.15, -0.1) is 0 Å². The van der Waals surface area contributed by atoms with Crippen LogP contribution in [0.3, 0.4) is 0 Å². The Morgan fingerprint density at radius 1 is 1.56 bits per heavy atom. The molecule has 0 saturated carbocycles. The van der Waals surface area contributed by atoms with Crippen molar-refractivity contribution in [2.24, 2.45) is 0 Å². The molecule has 2 rings (SSSR count). The van der Waals surface area contributed by atoms with E-state index in [0.29, 0.717) is 17.9 Å². The first-order valence-corrected chi connectivity index (χ1v) is 5.61. The molecule has 0 radical (unpaired) electrons. The maximum atomic E-state index is 11.0. The predicted octanol–water partition coefficient (Wildman–Crippen LogP) is 1.56. The Bertz CT molecular complexity index is 565. The molecule has 1 atom stereocenters. The lowest BCUT2D eigenvalue weighted by Gasteiger charge is -2.08. The Morgan fingerprint density at radius 3 is 2.94 bits per heavy atom. The van der Waals surface area contributed by atoms with E-state index in [2.05, 4.69) is 10.1 Å². The SMILES string of the molecule is CCC(C(=O)O)n1cnc(-c2cccc(N)c2)n1. The number of anilines is 1. The van der Waals surface area contributed by atoms with Gasteiger partial charge < -0.3 is 10.8 Å². The van der Waals surface area contributed by atoms with Crippen LogP contribution < -0.4 is 5.73 Å². The van der Waals surface area contributed by atoms with Gasteiger partial charge in [0.2, 0.25) is 0 Å². The molecule has 0 aliphatic rings. The van der Waals surface area contributed by atoms with E-state index in [1.807, 2.05) is 6.07 Å². The van der Waals surface area contributed by atoms with Gasteiger partial charge in [-0.1, -0.05) is 19.1 Å². The second kappa shape index (κ2) is 4.87. The molecule has 1 unspecified atom stereocenters. The minimum Gasteiger partial charge on any atom is -0.480 e. The number of nitrogens with zero attached hydrogens (tertiary/aromatic N) is 3. The highest BCUT2D eigenvalue weighted by molar-refractivity contribution is 5.71. The summed E-state index contributed by atoms with van der Waals surface area (Å²) >= 11 is 0. The summed E-state index contributed by atoms with van der Waals surface area (Å²) in [5.74, 6) is -0.441. The van der Waals surface area contributed by atoms with Crippen LogP contribution in [-0.2, 0) is 4.79 Å². The summed E-state index contributed by atoms with van der Waals surface area (Å²) in [5.41, 5.74) is 7.07. The van der Waals surface area contributed by atoms with E-state index in [1.54, 1.807) is 25.1 Å². The van der Waals surface area contributed by atoms with Crippen molar-refractivity contribution in [3.8, 4) is 11.4 Å². The third kappa shape index (κ3) is 2.32. The molecule has 18 heavy (non-hydrogen) atoms. The predicted molar refractivity (Wildman–Crippen MR) is 66.8 cm³/mol. The number of aromatic nitrogens is 3. The minimum atomic E-state index is -0.915. The first kappa shape index (κ1) is 12.1. The van der Waals surface area contributed by atoms with Gasteiger partial charge in [0.15, 0.2) is 11.9 Å². The van der Waals surface area contributed by atoms with E-state index in [9.17, 15) is 4.79 Å². The summed E-state index contributed by atoms with van der Waals surface area (Å²) in [4.78, 5) is 15.1. The highest BCUT2D eigenvalue weighted by atomic mass is 16.4. The number of rotatable bonds is 4. The Labute approximate surface area is 104 Å². The largest absolute Gasteiger partial charge is 0.480 e. The van der Waals surface area contributed by atoms with Crippen LogP contribution >= 0.6 is 0 Å². The van der Waals surface area contributed by atoms with E-state index in [0.717, 1.165) is 5.56 Å². The molecule has 1 heterocycles. The molecule has 0 bridgehead atoms. The minimum absolute atomic E-state index is 0.453. The fourth-order valence-corrected chi connectivity index (χ4v) is 1.71. The van der Waals surface area contributed by atoms with Crippen LogP contribution in [0.1, 0.15) is 19.4 Å².